The molecule has 2 heteroatoms. The molecule has 0 bridgehead atoms. The second-order valence-electron chi connectivity index (χ2n) is 5.49. The van der Waals surface area contributed by atoms with E-state index in [1.807, 2.05) is 29.6 Å². The summed E-state index contributed by atoms with van der Waals surface area (Å²) in [5.41, 5.74) is 5.01. The van der Waals surface area contributed by atoms with Crippen molar-refractivity contribution in [2.45, 2.75) is 0 Å². The monoisotopic (exact) mass is 314 g/mol. The first kappa shape index (κ1) is 13.9. The molecule has 110 valence electrons. The molecule has 0 saturated heterocycles. The molecule has 0 fully saturated rings. The molecule has 23 heavy (non-hydrogen) atoms. The van der Waals surface area contributed by atoms with Gasteiger partial charge in [0.25, 0.3) is 0 Å². The number of benzene rings is 3. The summed E-state index contributed by atoms with van der Waals surface area (Å²) in [6, 6.07) is 22.8. The van der Waals surface area contributed by atoms with Gasteiger partial charge in [-0.05, 0) is 62.0 Å². The zero-order valence-electron chi connectivity index (χ0n) is 12.4. The van der Waals surface area contributed by atoms with Gasteiger partial charge in [0.1, 0.15) is 0 Å². The number of carbonyl (C=O) groups excluding carboxylic acids is 1. The molecule has 4 rings (SSSR count). The number of rotatable bonds is 3. The average Bonchev–Trinajstić information content (AvgIpc) is 3.15. The van der Waals surface area contributed by atoms with Crippen molar-refractivity contribution in [2.75, 3.05) is 0 Å². The third-order valence-corrected chi connectivity index (χ3v) is 4.78. The third kappa shape index (κ3) is 2.58. The number of fused-ring (bicyclic) bond motifs is 1. The summed E-state index contributed by atoms with van der Waals surface area (Å²) in [7, 11) is 0. The first-order chi connectivity index (χ1) is 11.3. The SMILES string of the molecule is O=Cc1cc(-c2ccsc2)ccc1-c1ccc2ccccc2c1. The van der Waals surface area contributed by atoms with Crippen LogP contribution in [0.15, 0.2) is 77.5 Å². The van der Waals surface area contributed by atoms with E-state index >= 15 is 0 Å². The second-order valence-corrected chi connectivity index (χ2v) is 6.27. The van der Waals surface area contributed by atoms with Crippen molar-refractivity contribution in [3.8, 4) is 22.3 Å². The standard InChI is InChI=1S/C21H14OS/c22-13-20-12-17(19-9-10-23-14-19)7-8-21(20)18-6-5-15-3-1-2-4-16(15)11-18/h1-14H. The molecule has 0 atom stereocenters. The molecule has 1 nitrogen and oxygen atoms in total. The molecule has 3 aromatic carbocycles. The molecule has 0 unspecified atom stereocenters. The van der Waals surface area contributed by atoms with Crippen molar-refractivity contribution < 1.29 is 4.79 Å². The molecule has 0 aliphatic heterocycles. The van der Waals surface area contributed by atoms with Crippen LogP contribution in [0.5, 0.6) is 0 Å². The average molecular weight is 314 g/mol. The van der Waals surface area contributed by atoms with Gasteiger partial charge in [0.05, 0.1) is 0 Å². The van der Waals surface area contributed by atoms with Gasteiger partial charge in [-0.1, -0.05) is 48.5 Å². The summed E-state index contributed by atoms with van der Waals surface area (Å²) in [5, 5.41) is 6.54. The van der Waals surface area contributed by atoms with Gasteiger partial charge in [0.15, 0.2) is 6.29 Å². The van der Waals surface area contributed by atoms with Crippen molar-refractivity contribution >= 4 is 28.4 Å². The van der Waals surface area contributed by atoms with Gasteiger partial charge < -0.3 is 0 Å². The summed E-state index contributed by atoms with van der Waals surface area (Å²) < 4.78 is 0. The highest BCUT2D eigenvalue weighted by atomic mass is 32.1. The largest absolute Gasteiger partial charge is 0.298 e. The van der Waals surface area contributed by atoms with Crippen LogP contribution in [0.2, 0.25) is 0 Å². The number of hydrogen-bond donors (Lipinski definition) is 0. The highest BCUT2D eigenvalue weighted by Gasteiger charge is 2.08. The van der Waals surface area contributed by atoms with Crippen molar-refractivity contribution in [2.24, 2.45) is 0 Å². The van der Waals surface area contributed by atoms with E-state index in [2.05, 4.69) is 47.8 Å². The molecular weight excluding hydrogens is 300 g/mol. The second kappa shape index (κ2) is 5.82. The van der Waals surface area contributed by atoms with E-state index in [4.69, 9.17) is 0 Å². The molecular formula is C21H14OS. The summed E-state index contributed by atoms with van der Waals surface area (Å²) in [4.78, 5) is 11.6. The lowest BCUT2D eigenvalue weighted by Gasteiger charge is -2.09. The fourth-order valence-corrected chi connectivity index (χ4v) is 3.55. The lowest BCUT2D eigenvalue weighted by atomic mass is 9.95. The van der Waals surface area contributed by atoms with Crippen LogP contribution in [0.25, 0.3) is 33.0 Å². The van der Waals surface area contributed by atoms with Crippen LogP contribution in [0.4, 0.5) is 0 Å². The number of aldehydes is 1. The zero-order chi connectivity index (χ0) is 15.6. The fraction of sp³-hybridized carbons (Fsp3) is 0. The topological polar surface area (TPSA) is 17.1 Å². The highest BCUT2D eigenvalue weighted by molar-refractivity contribution is 7.08. The minimum atomic E-state index is 0.726. The Kier molecular flexibility index (Phi) is 3.52. The molecule has 4 aromatic rings. The summed E-state index contributed by atoms with van der Waals surface area (Å²) in [6.45, 7) is 0. The van der Waals surface area contributed by atoms with Crippen molar-refractivity contribution in [3.63, 3.8) is 0 Å². The smallest absolute Gasteiger partial charge is 0.150 e. The summed E-state index contributed by atoms with van der Waals surface area (Å²) in [5.74, 6) is 0. The molecule has 1 aromatic heterocycles. The van der Waals surface area contributed by atoms with Crippen LogP contribution in [-0.4, -0.2) is 6.29 Å². The maximum atomic E-state index is 11.6. The Bertz CT molecular complexity index is 984. The fourth-order valence-electron chi connectivity index (χ4n) is 2.89. The van der Waals surface area contributed by atoms with Crippen LogP contribution in [-0.2, 0) is 0 Å². The van der Waals surface area contributed by atoms with E-state index in [-0.39, 0.29) is 0 Å². The predicted octanol–water partition coefficient (Wildman–Crippen LogP) is 6.05. The van der Waals surface area contributed by atoms with Crippen LogP contribution in [0.3, 0.4) is 0 Å². The Hall–Kier alpha value is -2.71. The lowest BCUT2D eigenvalue weighted by Crippen LogP contribution is -1.89. The Balaban J connectivity index is 1.85. The molecule has 0 aliphatic rings. The third-order valence-electron chi connectivity index (χ3n) is 4.09. The Morgan fingerprint density at radius 1 is 0.739 bits per heavy atom. The first-order valence-corrected chi connectivity index (χ1v) is 8.40. The molecule has 0 spiro atoms. The Morgan fingerprint density at radius 2 is 1.57 bits per heavy atom. The van der Waals surface area contributed by atoms with Gasteiger partial charge in [-0.15, -0.1) is 0 Å². The normalized spacial score (nSPS) is 10.8. The Labute approximate surface area is 138 Å². The number of hydrogen-bond acceptors (Lipinski definition) is 2. The van der Waals surface area contributed by atoms with Gasteiger partial charge in [-0.3, -0.25) is 4.79 Å². The Morgan fingerprint density at radius 3 is 2.35 bits per heavy atom. The van der Waals surface area contributed by atoms with E-state index in [0.29, 0.717) is 0 Å². The summed E-state index contributed by atoms with van der Waals surface area (Å²) in [6.07, 6.45) is 0.945. The molecule has 0 N–H and O–H groups in total. The van der Waals surface area contributed by atoms with Gasteiger partial charge in [0.2, 0.25) is 0 Å². The van der Waals surface area contributed by atoms with Crippen LogP contribution in [0.1, 0.15) is 10.4 Å². The van der Waals surface area contributed by atoms with E-state index in [9.17, 15) is 4.79 Å². The van der Waals surface area contributed by atoms with Gasteiger partial charge in [-0.25, -0.2) is 0 Å². The summed E-state index contributed by atoms with van der Waals surface area (Å²) >= 11 is 1.66. The van der Waals surface area contributed by atoms with E-state index in [0.717, 1.165) is 34.1 Å². The van der Waals surface area contributed by atoms with Crippen LogP contribution in [0, 0.1) is 0 Å². The van der Waals surface area contributed by atoms with Gasteiger partial charge in [0, 0.05) is 5.56 Å². The quantitative estimate of drug-likeness (QED) is 0.421. The van der Waals surface area contributed by atoms with E-state index in [1.54, 1.807) is 11.3 Å². The van der Waals surface area contributed by atoms with E-state index < -0.39 is 0 Å². The van der Waals surface area contributed by atoms with Gasteiger partial charge >= 0.3 is 0 Å². The van der Waals surface area contributed by atoms with Crippen molar-refractivity contribution in [1.29, 1.82) is 0 Å². The minimum Gasteiger partial charge on any atom is -0.298 e. The van der Waals surface area contributed by atoms with Crippen LogP contribution >= 0.6 is 11.3 Å². The van der Waals surface area contributed by atoms with Crippen molar-refractivity contribution in [3.05, 3.63) is 83.1 Å². The maximum absolute atomic E-state index is 11.6. The van der Waals surface area contributed by atoms with Crippen LogP contribution < -0.4 is 0 Å². The molecule has 0 aliphatic carbocycles. The number of thiophene rings is 1. The molecule has 0 amide bonds. The molecule has 0 radical (unpaired) electrons. The van der Waals surface area contributed by atoms with Crippen molar-refractivity contribution in [1.82, 2.24) is 0 Å². The zero-order valence-corrected chi connectivity index (χ0v) is 13.2. The molecule has 0 saturated carbocycles. The highest BCUT2D eigenvalue weighted by Crippen LogP contribution is 2.30. The maximum Gasteiger partial charge on any atom is 0.150 e. The van der Waals surface area contributed by atoms with Gasteiger partial charge in [-0.2, -0.15) is 11.3 Å². The molecule has 1 heterocycles. The lowest BCUT2D eigenvalue weighted by molar-refractivity contribution is 0.112. The minimum absolute atomic E-state index is 0.726. The van der Waals surface area contributed by atoms with E-state index in [1.165, 1.54) is 10.8 Å². The first-order valence-electron chi connectivity index (χ1n) is 7.46. The predicted molar refractivity (Wildman–Crippen MR) is 98.1 cm³/mol. The number of carbonyl (C=O) groups is 1.